The monoisotopic (exact) mass is 249 g/mol. The predicted octanol–water partition coefficient (Wildman–Crippen LogP) is 1.57. The van der Waals surface area contributed by atoms with E-state index in [9.17, 15) is 0 Å². The average molecular weight is 249 g/mol. The Hall–Kier alpha value is -2.81. The van der Waals surface area contributed by atoms with E-state index < -0.39 is 0 Å². The number of anilines is 1. The molecule has 0 saturated heterocycles. The van der Waals surface area contributed by atoms with E-state index >= 15 is 0 Å². The van der Waals surface area contributed by atoms with Crippen LogP contribution in [0.3, 0.4) is 0 Å². The highest BCUT2D eigenvalue weighted by atomic mass is 14.9. The van der Waals surface area contributed by atoms with Crippen molar-refractivity contribution in [1.82, 2.24) is 5.32 Å². The van der Waals surface area contributed by atoms with Gasteiger partial charge in [-0.05, 0) is 30.2 Å². The fraction of sp³-hybridized carbons (Fsp3) is 0.214. The molecule has 0 aliphatic carbocycles. The molecule has 1 aromatic carbocycles. The summed E-state index contributed by atoms with van der Waals surface area (Å²) >= 11 is 0. The molecule has 5 nitrogen and oxygen atoms in total. The zero-order chi connectivity index (χ0) is 13.7. The first-order valence-corrected chi connectivity index (χ1v) is 5.83. The fourth-order valence-electron chi connectivity index (χ4n) is 2.05. The smallest absolute Gasteiger partial charge is 0.163 e. The molecule has 1 aliphatic heterocycles. The minimum atomic E-state index is -0.205. The predicted molar refractivity (Wildman–Crippen MR) is 69.3 cm³/mol. The van der Waals surface area contributed by atoms with Crippen molar-refractivity contribution in [2.75, 3.05) is 11.9 Å². The molecule has 1 aliphatic rings. The number of nitrogens with one attached hydrogen (secondary N) is 2. The first-order valence-electron chi connectivity index (χ1n) is 5.83. The number of fused-ring (bicyclic) bond motifs is 1. The Bertz CT molecular complexity index is 636. The first kappa shape index (κ1) is 12.6. The highest BCUT2D eigenvalue weighted by Crippen LogP contribution is 2.24. The van der Waals surface area contributed by atoms with Gasteiger partial charge >= 0.3 is 0 Å². The molecule has 0 unspecified atom stereocenters. The van der Waals surface area contributed by atoms with Gasteiger partial charge in [0.15, 0.2) is 5.57 Å². The van der Waals surface area contributed by atoms with Crippen LogP contribution in [-0.2, 0) is 13.0 Å². The van der Waals surface area contributed by atoms with Crippen molar-refractivity contribution in [2.24, 2.45) is 0 Å². The molecule has 0 amide bonds. The minimum absolute atomic E-state index is 0.0102. The third kappa shape index (κ3) is 2.55. The second kappa shape index (κ2) is 5.69. The zero-order valence-corrected chi connectivity index (χ0v) is 10.2. The summed E-state index contributed by atoms with van der Waals surface area (Å²) in [5.74, 6) is 0. The van der Waals surface area contributed by atoms with E-state index in [2.05, 4.69) is 10.6 Å². The van der Waals surface area contributed by atoms with Crippen molar-refractivity contribution in [3.05, 3.63) is 40.6 Å². The maximum absolute atomic E-state index is 9.04. The van der Waals surface area contributed by atoms with Crippen molar-refractivity contribution in [3.63, 3.8) is 0 Å². The number of nitrogens with zero attached hydrogens (tertiary/aromatic N) is 3. The molecule has 0 radical (unpaired) electrons. The van der Waals surface area contributed by atoms with Gasteiger partial charge in [0.2, 0.25) is 0 Å². The molecule has 0 bridgehead atoms. The van der Waals surface area contributed by atoms with E-state index in [-0.39, 0.29) is 11.3 Å². The fourth-order valence-corrected chi connectivity index (χ4v) is 2.05. The molecule has 0 saturated carbocycles. The maximum atomic E-state index is 9.04. The topological polar surface area (TPSA) is 95.4 Å². The molecule has 1 heterocycles. The van der Waals surface area contributed by atoms with Gasteiger partial charge < -0.3 is 10.6 Å². The van der Waals surface area contributed by atoms with Crippen LogP contribution in [0.2, 0.25) is 0 Å². The van der Waals surface area contributed by atoms with Crippen LogP contribution in [-0.4, -0.2) is 6.54 Å². The normalized spacial score (nSPS) is 12.3. The van der Waals surface area contributed by atoms with Crippen molar-refractivity contribution in [1.29, 1.82) is 15.8 Å². The van der Waals surface area contributed by atoms with Crippen LogP contribution >= 0.6 is 0 Å². The van der Waals surface area contributed by atoms with Crippen LogP contribution in [0.25, 0.3) is 0 Å². The van der Waals surface area contributed by atoms with Crippen LogP contribution in [0.4, 0.5) is 5.69 Å². The van der Waals surface area contributed by atoms with E-state index in [4.69, 9.17) is 15.8 Å². The lowest BCUT2D eigenvalue weighted by molar-refractivity contribution is 0.645. The van der Waals surface area contributed by atoms with Gasteiger partial charge in [-0.3, -0.25) is 0 Å². The lowest BCUT2D eigenvalue weighted by atomic mass is 9.99. The Morgan fingerprint density at radius 1 is 1.16 bits per heavy atom. The number of benzene rings is 1. The Labute approximate surface area is 111 Å². The van der Waals surface area contributed by atoms with Gasteiger partial charge in [0.05, 0.1) is 0 Å². The molecule has 2 rings (SSSR count). The van der Waals surface area contributed by atoms with E-state index in [1.807, 2.05) is 24.3 Å². The quantitative estimate of drug-likeness (QED) is 0.775. The summed E-state index contributed by atoms with van der Waals surface area (Å²) in [6, 6.07) is 11.1. The number of hydrogen-bond donors (Lipinski definition) is 2. The zero-order valence-electron chi connectivity index (χ0n) is 10.2. The Morgan fingerprint density at radius 3 is 2.63 bits per heavy atom. The molecule has 92 valence electrons. The Balaban J connectivity index is 2.40. The lowest BCUT2D eigenvalue weighted by Crippen LogP contribution is -2.24. The standard InChI is InChI=1S/C14H11N5/c15-6-11(7-16)14(8-17)19-13-3-1-2-10-4-5-18-9-12(10)13/h1-3,18-19H,4-5,9H2. The summed E-state index contributed by atoms with van der Waals surface area (Å²) in [5, 5.41) is 32.8. The van der Waals surface area contributed by atoms with E-state index in [1.54, 1.807) is 12.1 Å². The average Bonchev–Trinajstić information content (AvgIpc) is 2.47. The number of allylic oxidation sites excluding steroid dienone is 2. The van der Waals surface area contributed by atoms with Crippen LogP contribution in [0.5, 0.6) is 0 Å². The molecular formula is C14H11N5. The van der Waals surface area contributed by atoms with Gasteiger partial charge in [-0.25, -0.2) is 0 Å². The Morgan fingerprint density at radius 2 is 1.95 bits per heavy atom. The largest absolute Gasteiger partial charge is 0.345 e. The van der Waals surface area contributed by atoms with Gasteiger partial charge in [-0.2, -0.15) is 15.8 Å². The Kier molecular flexibility index (Phi) is 3.78. The van der Waals surface area contributed by atoms with Crippen LogP contribution < -0.4 is 10.6 Å². The summed E-state index contributed by atoms with van der Waals surface area (Å²) in [4.78, 5) is 0. The van der Waals surface area contributed by atoms with Gasteiger partial charge in [-0.1, -0.05) is 12.1 Å². The van der Waals surface area contributed by atoms with Crippen molar-refractivity contribution in [3.8, 4) is 18.2 Å². The SMILES string of the molecule is N#CC(C#N)=C(C#N)Nc1cccc2c1CNCC2. The first-order chi connectivity index (χ1) is 9.30. The van der Waals surface area contributed by atoms with E-state index in [0.29, 0.717) is 6.54 Å². The highest BCUT2D eigenvalue weighted by Gasteiger charge is 2.14. The van der Waals surface area contributed by atoms with Crippen molar-refractivity contribution < 1.29 is 0 Å². The maximum Gasteiger partial charge on any atom is 0.163 e. The van der Waals surface area contributed by atoms with Crippen LogP contribution in [0.15, 0.2) is 29.5 Å². The molecule has 1 aromatic rings. The summed E-state index contributed by atoms with van der Waals surface area (Å²) in [7, 11) is 0. The third-order valence-corrected chi connectivity index (χ3v) is 2.99. The summed E-state index contributed by atoms with van der Waals surface area (Å²) < 4.78 is 0. The molecule has 0 atom stereocenters. The van der Waals surface area contributed by atoms with Crippen molar-refractivity contribution in [2.45, 2.75) is 13.0 Å². The summed E-state index contributed by atoms with van der Waals surface area (Å²) in [6.07, 6.45) is 0.930. The van der Waals surface area contributed by atoms with Gasteiger partial charge in [0.1, 0.15) is 23.9 Å². The minimum Gasteiger partial charge on any atom is -0.345 e. The van der Waals surface area contributed by atoms with Crippen molar-refractivity contribution >= 4 is 5.69 Å². The van der Waals surface area contributed by atoms with Crippen LogP contribution in [0.1, 0.15) is 11.1 Å². The summed E-state index contributed by atoms with van der Waals surface area (Å²) in [6.45, 7) is 1.64. The molecule has 5 heteroatoms. The molecule has 0 aromatic heterocycles. The number of hydrogen-bond acceptors (Lipinski definition) is 5. The number of rotatable bonds is 2. The highest BCUT2D eigenvalue weighted by molar-refractivity contribution is 5.63. The lowest BCUT2D eigenvalue weighted by Gasteiger charge is -2.20. The van der Waals surface area contributed by atoms with Gasteiger partial charge in [-0.15, -0.1) is 0 Å². The molecule has 2 N–H and O–H groups in total. The molecular weight excluding hydrogens is 238 g/mol. The third-order valence-electron chi connectivity index (χ3n) is 2.99. The molecule has 0 fully saturated rings. The number of nitriles is 3. The second-order valence-corrected chi connectivity index (χ2v) is 4.08. The molecule has 0 spiro atoms. The second-order valence-electron chi connectivity index (χ2n) is 4.08. The van der Waals surface area contributed by atoms with E-state index in [0.717, 1.165) is 24.2 Å². The summed E-state index contributed by atoms with van der Waals surface area (Å²) in [5.41, 5.74) is 2.85. The molecule has 19 heavy (non-hydrogen) atoms. The van der Waals surface area contributed by atoms with Gasteiger partial charge in [0.25, 0.3) is 0 Å². The van der Waals surface area contributed by atoms with Crippen LogP contribution in [0, 0.1) is 34.0 Å². The van der Waals surface area contributed by atoms with Gasteiger partial charge in [0, 0.05) is 12.2 Å². The van der Waals surface area contributed by atoms with E-state index in [1.165, 1.54) is 5.56 Å².